The lowest BCUT2D eigenvalue weighted by molar-refractivity contribution is -0.141. The van der Waals surface area contributed by atoms with Crippen molar-refractivity contribution in [1.29, 1.82) is 0 Å². The summed E-state index contributed by atoms with van der Waals surface area (Å²) in [5.41, 5.74) is 3.38. The third-order valence-corrected chi connectivity index (χ3v) is 3.37. The van der Waals surface area contributed by atoms with Crippen LogP contribution in [0.1, 0.15) is 25.4 Å². The number of hydrogen-bond donors (Lipinski definition) is 2. The van der Waals surface area contributed by atoms with E-state index >= 15 is 0 Å². The summed E-state index contributed by atoms with van der Waals surface area (Å²) in [5, 5.41) is 2.85. The Labute approximate surface area is 141 Å². The number of halogens is 3. The van der Waals surface area contributed by atoms with E-state index in [0.717, 1.165) is 6.07 Å². The number of amides is 1. The molecule has 7 nitrogen and oxygen atoms in total. The number of nitrogens with one attached hydrogen (secondary N) is 1. The number of anilines is 1. The summed E-state index contributed by atoms with van der Waals surface area (Å²) in [6, 6.07) is 3.47. The first kappa shape index (κ1) is 18.6. The van der Waals surface area contributed by atoms with Gasteiger partial charge in [-0.25, -0.2) is 9.97 Å². The molecule has 0 aliphatic carbocycles. The number of alkyl halides is 3. The number of rotatable bonds is 5. The van der Waals surface area contributed by atoms with Crippen LogP contribution in [0.4, 0.5) is 19.1 Å². The molecular formula is C15H17F3N6O. The highest BCUT2D eigenvalue weighted by atomic mass is 19.4. The van der Waals surface area contributed by atoms with Gasteiger partial charge in [0.05, 0.1) is 5.41 Å². The summed E-state index contributed by atoms with van der Waals surface area (Å²) in [4.78, 5) is 27.1. The first-order chi connectivity index (χ1) is 11.5. The molecule has 2 heterocycles. The number of carbonyl (C=O) groups is 1. The highest BCUT2D eigenvalue weighted by Crippen LogP contribution is 2.28. The Morgan fingerprint density at radius 1 is 1.16 bits per heavy atom. The third-order valence-electron chi connectivity index (χ3n) is 3.37. The van der Waals surface area contributed by atoms with E-state index in [4.69, 9.17) is 5.73 Å². The van der Waals surface area contributed by atoms with Gasteiger partial charge in [-0.1, -0.05) is 6.07 Å². The summed E-state index contributed by atoms with van der Waals surface area (Å²) in [6.07, 6.45) is -4.56. The molecule has 0 aliphatic heterocycles. The highest BCUT2D eigenvalue weighted by Gasteiger charge is 2.32. The van der Waals surface area contributed by atoms with Crippen LogP contribution in [0.25, 0.3) is 11.5 Å². The van der Waals surface area contributed by atoms with E-state index in [1.165, 1.54) is 12.1 Å². The molecular weight excluding hydrogens is 337 g/mol. The fourth-order valence-electron chi connectivity index (χ4n) is 1.78. The van der Waals surface area contributed by atoms with Crippen LogP contribution in [0, 0.1) is 12.3 Å². The number of aromatic nitrogens is 4. The van der Waals surface area contributed by atoms with Crippen molar-refractivity contribution in [3.63, 3.8) is 0 Å². The number of pyridine rings is 1. The van der Waals surface area contributed by atoms with Crippen molar-refractivity contribution in [2.75, 3.05) is 11.9 Å². The molecule has 0 fully saturated rings. The molecule has 0 atom stereocenters. The smallest absolute Gasteiger partial charge is 0.369 e. The Kier molecular flexibility index (Phi) is 4.91. The van der Waals surface area contributed by atoms with E-state index in [9.17, 15) is 18.0 Å². The molecule has 25 heavy (non-hydrogen) atoms. The molecule has 134 valence electrons. The SMILES string of the molecule is Cc1nc(NCC(C)(C)C(N)=O)nc(-c2cccc(C(F)(F)F)n2)n1. The molecule has 1 amide bonds. The van der Waals surface area contributed by atoms with Crippen molar-refractivity contribution in [1.82, 2.24) is 19.9 Å². The van der Waals surface area contributed by atoms with E-state index in [1.807, 2.05) is 0 Å². The van der Waals surface area contributed by atoms with Crippen LogP contribution in [-0.2, 0) is 11.0 Å². The summed E-state index contributed by atoms with van der Waals surface area (Å²) in [5.74, 6) is -0.0943. The van der Waals surface area contributed by atoms with Crippen LogP contribution in [-0.4, -0.2) is 32.4 Å². The van der Waals surface area contributed by atoms with Crippen LogP contribution >= 0.6 is 0 Å². The van der Waals surface area contributed by atoms with E-state index < -0.39 is 23.2 Å². The average molecular weight is 354 g/mol. The van der Waals surface area contributed by atoms with Gasteiger partial charge in [-0.3, -0.25) is 4.79 Å². The lowest BCUT2D eigenvalue weighted by Gasteiger charge is -2.20. The topological polar surface area (TPSA) is 107 Å². The molecule has 0 spiro atoms. The fraction of sp³-hybridized carbons (Fsp3) is 0.400. The number of aryl methyl sites for hydroxylation is 1. The molecule has 2 aromatic rings. The van der Waals surface area contributed by atoms with Gasteiger partial charge in [-0.15, -0.1) is 0 Å². The first-order valence-corrected chi connectivity index (χ1v) is 7.30. The normalized spacial score (nSPS) is 12.1. The van der Waals surface area contributed by atoms with Crippen molar-refractivity contribution in [3.8, 4) is 11.5 Å². The quantitative estimate of drug-likeness (QED) is 0.852. The molecule has 3 N–H and O–H groups in total. The molecule has 0 saturated carbocycles. The number of nitrogens with two attached hydrogens (primary N) is 1. The second-order valence-electron chi connectivity index (χ2n) is 6.04. The predicted octanol–water partition coefficient (Wildman–Crippen LogP) is 2.18. The lowest BCUT2D eigenvalue weighted by atomic mass is 9.93. The van der Waals surface area contributed by atoms with Crippen LogP contribution < -0.4 is 11.1 Å². The van der Waals surface area contributed by atoms with Gasteiger partial charge in [0.25, 0.3) is 0 Å². The fourth-order valence-corrected chi connectivity index (χ4v) is 1.78. The molecule has 0 radical (unpaired) electrons. The maximum absolute atomic E-state index is 12.8. The Morgan fingerprint density at radius 3 is 2.44 bits per heavy atom. The maximum atomic E-state index is 12.8. The predicted molar refractivity (Wildman–Crippen MR) is 84.3 cm³/mol. The third kappa shape index (κ3) is 4.61. The molecule has 0 aromatic carbocycles. The van der Waals surface area contributed by atoms with Crippen molar-refractivity contribution < 1.29 is 18.0 Å². The van der Waals surface area contributed by atoms with Crippen molar-refractivity contribution >= 4 is 11.9 Å². The zero-order valence-corrected chi connectivity index (χ0v) is 13.8. The van der Waals surface area contributed by atoms with Gasteiger partial charge in [0.2, 0.25) is 11.9 Å². The zero-order valence-electron chi connectivity index (χ0n) is 13.8. The summed E-state index contributed by atoms with van der Waals surface area (Å²) in [6.45, 7) is 5.02. The molecule has 0 unspecified atom stereocenters. The Balaban J connectivity index is 2.32. The molecule has 0 aliphatic rings. The minimum atomic E-state index is -4.56. The largest absolute Gasteiger partial charge is 0.433 e. The first-order valence-electron chi connectivity index (χ1n) is 7.30. The molecule has 10 heteroatoms. The Morgan fingerprint density at radius 2 is 1.84 bits per heavy atom. The summed E-state index contributed by atoms with van der Waals surface area (Å²) < 4.78 is 38.4. The van der Waals surface area contributed by atoms with Crippen molar-refractivity contribution in [2.24, 2.45) is 11.1 Å². The van der Waals surface area contributed by atoms with E-state index in [1.54, 1.807) is 20.8 Å². The van der Waals surface area contributed by atoms with Gasteiger partial charge < -0.3 is 11.1 Å². The summed E-state index contributed by atoms with van der Waals surface area (Å²) >= 11 is 0. The standard InChI is InChI=1S/C15H17F3N6O/c1-8-21-11(9-5-4-6-10(23-9)15(16,17)18)24-13(22-8)20-7-14(2,3)12(19)25/h4-6H,7H2,1-3H3,(H2,19,25)(H,20,21,22,24). The lowest BCUT2D eigenvalue weighted by Crippen LogP contribution is -2.37. The van der Waals surface area contributed by atoms with Crippen LogP contribution in [0.15, 0.2) is 18.2 Å². The maximum Gasteiger partial charge on any atom is 0.433 e. The van der Waals surface area contributed by atoms with Crippen LogP contribution in [0.2, 0.25) is 0 Å². The van der Waals surface area contributed by atoms with Gasteiger partial charge in [0, 0.05) is 6.54 Å². The molecule has 2 rings (SSSR count). The van der Waals surface area contributed by atoms with Gasteiger partial charge in [-0.05, 0) is 32.9 Å². The van der Waals surface area contributed by atoms with Crippen LogP contribution in [0.5, 0.6) is 0 Å². The Hall–Kier alpha value is -2.78. The zero-order chi connectivity index (χ0) is 18.8. The van der Waals surface area contributed by atoms with Gasteiger partial charge >= 0.3 is 6.18 Å². The van der Waals surface area contributed by atoms with Crippen LogP contribution in [0.3, 0.4) is 0 Å². The minimum absolute atomic E-state index is 0.00187. The highest BCUT2D eigenvalue weighted by molar-refractivity contribution is 5.80. The molecule has 0 bridgehead atoms. The number of nitrogens with zero attached hydrogens (tertiary/aromatic N) is 4. The number of primary amides is 1. The van der Waals surface area contributed by atoms with E-state index in [-0.39, 0.29) is 24.0 Å². The van der Waals surface area contributed by atoms with Crippen molar-refractivity contribution in [3.05, 3.63) is 29.7 Å². The van der Waals surface area contributed by atoms with E-state index in [0.29, 0.717) is 5.82 Å². The minimum Gasteiger partial charge on any atom is -0.369 e. The summed E-state index contributed by atoms with van der Waals surface area (Å²) in [7, 11) is 0. The van der Waals surface area contributed by atoms with Crippen molar-refractivity contribution in [2.45, 2.75) is 26.9 Å². The second kappa shape index (κ2) is 6.61. The van der Waals surface area contributed by atoms with Gasteiger partial charge in [0.15, 0.2) is 5.82 Å². The Bertz CT molecular complexity index is 791. The average Bonchev–Trinajstić information content (AvgIpc) is 2.52. The van der Waals surface area contributed by atoms with Gasteiger partial charge in [0.1, 0.15) is 17.2 Å². The van der Waals surface area contributed by atoms with E-state index in [2.05, 4.69) is 25.3 Å². The monoisotopic (exact) mass is 354 g/mol. The number of hydrogen-bond acceptors (Lipinski definition) is 6. The second-order valence-corrected chi connectivity index (χ2v) is 6.04. The number of carbonyl (C=O) groups excluding carboxylic acids is 1. The van der Waals surface area contributed by atoms with Gasteiger partial charge in [-0.2, -0.15) is 23.1 Å². The molecule has 2 aromatic heterocycles. The molecule has 0 saturated heterocycles.